The van der Waals surface area contributed by atoms with Crippen LogP contribution in [-0.2, 0) is 5.54 Å². The molecule has 0 atom stereocenters. The van der Waals surface area contributed by atoms with Crippen LogP contribution in [0.5, 0.6) is 0 Å². The normalized spacial score (nSPS) is 23.9. The van der Waals surface area contributed by atoms with Crippen LogP contribution in [0.1, 0.15) is 88.3 Å². The third-order valence-electron chi connectivity index (χ3n) is 4.84. The minimum atomic E-state index is -0.316. The molecule has 114 valence electrons. The maximum absolute atomic E-state index is 6.39. The van der Waals surface area contributed by atoms with Crippen molar-refractivity contribution in [1.82, 2.24) is 10.1 Å². The lowest BCUT2D eigenvalue weighted by Gasteiger charge is -2.18. The van der Waals surface area contributed by atoms with E-state index in [2.05, 4.69) is 10.1 Å². The highest BCUT2D eigenvalue weighted by atomic mass is 35.5. The highest BCUT2D eigenvalue weighted by Crippen LogP contribution is 2.36. The van der Waals surface area contributed by atoms with Crippen molar-refractivity contribution >= 4 is 12.4 Å². The Bertz CT molecular complexity index is 407. The van der Waals surface area contributed by atoms with Crippen LogP contribution < -0.4 is 5.73 Å². The third-order valence-corrected chi connectivity index (χ3v) is 4.84. The van der Waals surface area contributed by atoms with Gasteiger partial charge in [0.1, 0.15) is 0 Å². The maximum Gasteiger partial charge on any atom is 0.229 e. The van der Waals surface area contributed by atoms with Crippen molar-refractivity contribution in [2.75, 3.05) is 0 Å². The van der Waals surface area contributed by atoms with Gasteiger partial charge in [-0.1, -0.05) is 50.1 Å². The van der Waals surface area contributed by atoms with Crippen molar-refractivity contribution in [3.05, 3.63) is 11.7 Å². The molecular formula is C15H26ClN3O. The fraction of sp³-hybridized carbons (Fsp3) is 0.867. The van der Waals surface area contributed by atoms with E-state index in [1.165, 1.54) is 57.8 Å². The largest absolute Gasteiger partial charge is 0.339 e. The Morgan fingerprint density at radius 2 is 1.55 bits per heavy atom. The Labute approximate surface area is 127 Å². The van der Waals surface area contributed by atoms with E-state index >= 15 is 0 Å². The average Bonchev–Trinajstić information content (AvgIpc) is 2.98. The number of nitrogens with two attached hydrogens (primary N) is 1. The van der Waals surface area contributed by atoms with Crippen LogP contribution >= 0.6 is 12.4 Å². The lowest BCUT2D eigenvalue weighted by atomic mass is 9.91. The molecule has 2 aliphatic rings. The van der Waals surface area contributed by atoms with Crippen LogP contribution in [0.3, 0.4) is 0 Å². The first kappa shape index (κ1) is 15.8. The quantitative estimate of drug-likeness (QED) is 0.895. The van der Waals surface area contributed by atoms with Crippen molar-refractivity contribution in [3.63, 3.8) is 0 Å². The minimum absolute atomic E-state index is 0. The fourth-order valence-corrected chi connectivity index (χ4v) is 3.54. The molecule has 0 radical (unpaired) electrons. The van der Waals surface area contributed by atoms with Gasteiger partial charge in [-0.3, -0.25) is 0 Å². The molecule has 0 aliphatic heterocycles. The number of hydrogen-bond donors (Lipinski definition) is 1. The van der Waals surface area contributed by atoms with Gasteiger partial charge < -0.3 is 10.3 Å². The predicted molar refractivity (Wildman–Crippen MR) is 80.9 cm³/mol. The summed E-state index contributed by atoms with van der Waals surface area (Å²) >= 11 is 0. The third kappa shape index (κ3) is 3.34. The van der Waals surface area contributed by atoms with E-state index in [4.69, 9.17) is 10.3 Å². The van der Waals surface area contributed by atoms with E-state index in [1.54, 1.807) is 0 Å². The number of halogens is 1. The summed E-state index contributed by atoms with van der Waals surface area (Å²) in [6.45, 7) is 0. The zero-order valence-electron chi connectivity index (χ0n) is 12.1. The molecule has 5 heteroatoms. The number of nitrogens with zero attached hydrogens (tertiary/aromatic N) is 2. The smallest absolute Gasteiger partial charge is 0.229 e. The summed E-state index contributed by atoms with van der Waals surface area (Å²) in [6.07, 6.45) is 13.4. The van der Waals surface area contributed by atoms with Gasteiger partial charge in [0.05, 0.1) is 5.54 Å². The summed E-state index contributed by atoms with van der Waals surface area (Å²) in [6, 6.07) is 0. The van der Waals surface area contributed by atoms with E-state index in [-0.39, 0.29) is 17.9 Å². The molecule has 0 unspecified atom stereocenters. The zero-order chi connectivity index (χ0) is 13.1. The molecule has 0 saturated heterocycles. The molecule has 4 nitrogen and oxygen atoms in total. The van der Waals surface area contributed by atoms with Gasteiger partial charge in [-0.25, -0.2) is 0 Å². The second kappa shape index (κ2) is 6.90. The Morgan fingerprint density at radius 1 is 0.950 bits per heavy atom. The first-order valence-electron chi connectivity index (χ1n) is 7.91. The second-order valence-electron chi connectivity index (χ2n) is 6.36. The van der Waals surface area contributed by atoms with Crippen LogP contribution in [0.2, 0.25) is 0 Å². The zero-order valence-corrected chi connectivity index (χ0v) is 13.0. The van der Waals surface area contributed by atoms with Gasteiger partial charge in [-0.2, -0.15) is 4.98 Å². The molecule has 0 aromatic carbocycles. The summed E-state index contributed by atoms with van der Waals surface area (Å²) in [5.74, 6) is 2.06. The monoisotopic (exact) mass is 299 g/mol. The van der Waals surface area contributed by atoms with Crippen molar-refractivity contribution in [3.8, 4) is 0 Å². The Morgan fingerprint density at radius 3 is 2.20 bits per heavy atom. The summed E-state index contributed by atoms with van der Waals surface area (Å²) in [4.78, 5) is 4.66. The van der Waals surface area contributed by atoms with Gasteiger partial charge in [0.2, 0.25) is 5.89 Å². The van der Waals surface area contributed by atoms with Gasteiger partial charge in [0.15, 0.2) is 5.82 Å². The van der Waals surface area contributed by atoms with Crippen LogP contribution in [0.15, 0.2) is 4.52 Å². The molecule has 2 fully saturated rings. The SMILES string of the molecule is Cl.NC1(c2noc(C3CCCCCCC3)n2)CCCC1. The lowest BCUT2D eigenvalue weighted by molar-refractivity contribution is 0.312. The Balaban J connectivity index is 0.00000147. The fourth-order valence-electron chi connectivity index (χ4n) is 3.54. The van der Waals surface area contributed by atoms with Gasteiger partial charge in [-0.05, 0) is 25.7 Å². The second-order valence-corrected chi connectivity index (χ2v) is 6.36. The molecule has 2 N–H and O–H groups in total. The maximum atomic E-state index is 6.39. The molecule has 0 amide bonds. The molecule has 2 aliphatic carbocycles. The summed E-state index contributed by atoms with van der Waals surface area (Å²) < 4.78 is 5.54. The molecule has 1 aromatic heterocycles. The molecule has 0 spiro atoms. The number of aromatic nitrogens is 2. The van der Waals surface area contributed by atoms with E-state index in [1.807, 2.05) is 0 Å². The summed E-state index contributed by atoms with van der Waals surface area (Å²) in [5.41, 5.74) is 6.08. The van der Waals surface area contributed by atoms with Gasteiger partial charge in [0, 0.05) is 5.92 Å². The average molecular weight is 300 g/mol. The minimum Gasteiger partial charge on any atom is -0.339 e. The Kier molecular flexibility index (Phi) is 5.44. The van der Waals surface area contributed by atoms with Crippen molar-refractivity contribution in [2.24, 2.45) is 5.73 Å². The van der Waals surface area contributed by atoms with Crippen LogP contribution in [0.4, 0.5) is 0 Å². The van der Waals surface area contributed by atoms with Gasteiger partial charge in [0.25, 0.3) is 0 Å². The van der Waals surface area contributed by atoms with E-state index in [9.17, 15) is 0 Å². The number of hydrogen-bond acceptors (Lipinski definition) is 4. The van der Waals surface area contributed by atoms with Crippen LogP contribution in [0, 0.1) is 0 Å². The molecule has 2 saturated carbocycles. The molecule has 1 heterocycles. The van der Waals surface area contributed by atoms with E-state index in [0.29, 0.717) is 5.92 Å². The van der Waals surface area contributed by atoms with Crippen LogP contribution in [-0.4, -0.2) is 10.1 Å². The standard InChI is InChI=1S/C15H25N3O.ClH/c16-15(10-6-7-11-15)14-17-13(19-18-14)12-8-4-2-1-3-5-9-12;/h12H,1-11,16H2;1H. The summed E-state index contributed by atoms with van der Waals surface area (Å²) in [5, 5.41) is 4.19. The van der Waals surface area contributed by atoms with Gasteiger partial charge in [-0.15, -0.1) is 12.4 Å². The van der Waals surface area contributed by atoms with E-state index in [0.717, 1.165) is 24.6 Å². The molecule has 3 rings (SSSR count). The Hall–Kier alpha value is -0.610. The molecule has 1 aromatic rings. The van der Waals surface area contributed by atoms with Crippen LogP contribution in [0.25, 0.3) is 0 Å². The lowest BCUT2D eigenvalue weighted by Crippen LogP contribution is -2.34. The number of rotatable bonds is 2. The predicted octanol–water partition coefficient (Wildman–Crippen LogP) is 4.05. The first-order chi connectivity index (χ1) is 9.28. The highest BCUT2D eigenvalue weighted by Gasteiger charge is 2.36. The highest BCUT2D eigenvalue weighted by molar-refractivity contribution is 5.85. The van der Waals surface area contributed by atoms with E-state index < -0.39 is 0 Å². The topological polar surface area (TPSA) is 64.9 Å². The molecule has 20 heavy (non-hydrogen) atoms. The van der Waals surface area contributed by atoms with Crippen molar-refractivity contribution < 1.29 is 4.52 Å². The first-order valence-corrected chi connectivity index (χ1v) is 7.91. The van der Waals surface area contributed by atoms with Gasteiger partial charge >= 0.3 is 0 Å². The molecular weight excluding hydrogens is 274 g/mol. The molecule has 0 bridgehead atoms. The van der Waals surface area contributed by atoms with Crippen molar-refractivity contribution in [1.29, 1.82) is 0 Å². The summed E-state index contributed by atoms with van der Waals surface area (Å²) in [7, 11) is 0. The van der Waals surface area contributed by atoms with Crippen molar-refractivity contribution in [2.45, 2.75) is 82.1 Å².